The summed E-state index contributed by atoms with van der Waals surface area (Å²) in [5.41, 5.74) is 1.31. The normalized spacial score (nSPS) is 28.6. The number of nitrogens with zero attached hydrogens (tertiary/aromatic N) is 1. The fraction of sp³-hybridized carbons (Fsp3) is 0.625. The largest absolute Gasteiger partial charge is 0.350 e. The SMILES string of the molecule is CC/C=C1\CC(C)N=CN1. The number of hydrogen-bond donors (Lipinski definition) is 1. The minimum Gasteiger partial charge on any atom is -0.350 e. The van der Waals surface area contributed by atoms with Gasteiger partial charge in [-0.05, 0) is 13.3 Å². The Labute approximate surface area is 62.0 Å². The lowest BCUT2D eigenvalue weighted by Crippen LogP contribution is -2.21. The van der Waals surface area contributed by atoms with E-state index in [1.165, 1.54) is 5.70 Å². The van der Waals surface area contributed by atoms with Gasteiger partial charge in [0.15, 0.2) is 0 Å². The third-order valence-corrected chi connectivity index (χ3v) is 1.54. The molecule has 0 aromatic rings. The van der Waals surface area contributed by atoms with E-state index in [-0.39, 0.29) is 0 Å². The highest BCUT2D eigenvalue weighted by Gasteiger charge is 2.05. The number of hydrogen-bond acceptors (Lipinski definition) is 2. The molecule has 0 amide bonds. The topological polar surface area (TPSA) is 24.4 Å². The Kier molecular flexibility index (Phi) is 2.49. The second kappa shape index (κ2) is 3.40. The smallest absolute Gasteiger partial charge is 0.0868 e. The van der Waals surface area contributed by atoms with Crippen molar-refractivity contribution in [3.8, 4) is 0 Å². The molecule has 0 aromatic heterocycles. The van der Waals surface area contributed by atoms with Crippen LogP contribution in [0.4, 0.5) is 0 Å². The van der Waals surface area contributed by atoms with Crippen LogP contribution in [0.3, 0.4) is 0 Å². The molecule has 10 heavy (non-hydrogen) atoms. The molecule has 1 aliphatic heterocycles. The van der Waals surface area contributed by atoms with Crippen LogP contribution in [-0.4, -0.2) is 12.4 Å². The summed E-state index contributed by atoms with van der Waals surface area (Å²) in [5.74, 6) is 0. The van der Waals surface area contributed by atoms with Gasteiger partial charge in [-0.1, -0.05) is 13.0 Å². The van der Waals surface area contributed by atoms with Crippen molar-refractivity contribution >= 4 is 6.34 Å². The molecule has 1 atom stereocenters. The Balaban J connectivity index is 2.52. The standard InChI is InChI=1S/C8H14N2/c1-3-4-8-5-7(2)9-6-10-8/h4,6-7H,3,5H2,1-2H3,(H,9,10)/b8-4+. The highest BCUT2D eigenvalue weighted by Crippen LogP contribution is 2.08. The predicted molar refractivity (Wildman–Crippen MR) is 44.1 cm³/mol. The van der Waals surface area contributed by atoms with Crippen LogP contribution < -0.4 is 5.32 Å². The molecule has 0 spiro atoms. The van der Waals surface area contributed by atoms with Crippen LogP contribution in [0.2, 0.25) is 0 Å². The van der Waals surface area contributed by atoms with Gasteiger partial charge in [0.25, 0.3) is 0 Å². The Morgan fingerprint density at radius 3 is 3.30 bits per heavy atom. The zero-order chi connectivity index (χ0) is 7.40. The number of rotatable bonds is 1. The van der Waals surface area contributed by atoms with Crippen LogP contribution in [0.25, 0.3) is 0 Å². The summed E-state index contributed by atoms with van der Waals surface area (Å²) in [6.45, 7) is 4.27. The van der Waals surface area contributed by atoms with Crippen molar-refractivity contribution in [2.45, 2.75) is 32.7 Å². The van der Waals surface area contributed by atoms with Crippen LogP contribution in [0.1, 0.15) is 26.7 Å². The lowest BCUT2D eigenvalue weighted by molar-refractivity contribution is 0.686. The molecular weight excluding hydrogens is 124 g/mol. The third kappa shape index (κ3) is 1.87. The molecule has 1 unspecified atom stereocenters. The van der Waals surface area contributed by atoms with E-state index in [0.717, 1.165) is 12.8 Å². The van der Waals surface area contributed by atoms with E-state index in [1.807, 2.05) is 0 Å². The molecule has 0 aromatic carbocycles. The molecule has 1 heterocycles. The van der Waals surface area contributed by atoms with Gasteiger partial charge in [0.1, 0.15) is 0 Å². The molecule has 0 saturated heterocycles. The van der Waals surface area contributed by atoms with Gasteiger partial charge >= 0.3 is 0 Å². The van der Waals surface area contributed by atoms with Crippen molar-refractivity contribution in [1.29, 1.82) is 0 Å². The first-order chi connectivity index (χ1) is 4.83. The first-order valence-corrected chi connectivity index (χ1v) is 3.80. The highest BCUT2D eigenvalue weighted by atomic mass is 15.0. The van der Waals surface area contributed by atoms with Gasteiger partial charge in [-0.15, -0.1) is 0 Å². The Morgan fingerprint density at radius 1 is 1.90 bits per heavy atom. The van der Waals surface area contributed by atoms with Crippen LogP contribution >= 0.6 is 0 Å². The lowest BCUT2D eigenvalue weighted by atomic mass is 10.1. The molecule has 1 aliphatic rings. The van der Waals surface area contributed by atoms with Gasteiger partial charge in [0, 0.05) is 12.1 Å². The first-order valence-electron chi connectivity index (χ1n) is 3.80. The van der Waals surface area contributed by atoms with E-state index in [0.29, 0.717) is 6.04 Å². The van der Waals surface area contributed by atoms with E-state index >= 15 is 0 Å². The molecule has 0 fully saturated rings. The predicted octanol–water partition coefficient (Wildman–Crippen LogP) is 1.69. The van der Waals surface area contributed by atoms with Gasteiger partial charge in [-0.25, -0.2) is 0 Å². The average molecular weight is 138 g/mol. The summed E-state index contributed by atoms with van der Waals surface area (Å²) in [5, 5.41) is 3.12. The van der Waals surface area contributed by atoms with Crippen molar-refractivity contribution < 1.29 is 0 Å². The minimum absolute atomic E-state index is 0.457. The van der Waals surface area contributed by atoms with Crippen molar-refractivity contribution in [2.75, 3.05) is 0 Å². The minimum atomic E-state index is 0.457. The number of nitrogens with one attached hydrogen (secondary N) is 1. The molecule has 1 rings (SSSR count). The summed E-state index contributed by atoms with van der Waals surface area (Å²) >= 11 is 0. The molecule has 2 nitrogen and oxygen atoms in total. The first kappa shape index (κ1) is 7.32. The summed E-state index contributed by atoms with van der Waals surface area (Å²) < 4.78 is 0. The molecule has 0 bridgehead atoms. The summed E-state index contributed by atoms with van der Waals surface area (Å²) in [7, 11) is 0. The molecule has 0 saturated carbocycles. The van der Waals surface area contributed by atoms with Gasteiger partial charge in [-0.3, -0.25) is 4.99 Å². The van der Waals surface area contributed by atoms with Crippen LogP contribution in [-0.2, 0) is 0 Å². The molecule has 0 aliphatic carbocycles. The summed E-state index contributed by atoms with van der Waals surface area (Å²) in [4.78, 5) is 4.19. The molecular formula is C8H14N2. The van der Waals surface area contributed by atoms with Crippen molar-refractivity contribution in [1.82, 2.24) is 5.32 Å². The van der Waals surface area contributed by atoms with Crippen molar-refractivity contribution in [3.05, 3.63) is 11.8 Å². The van der Waals surface area contributed by atoms with Gasteiger partial charge in [0.05, 0.1) is 12.4 Å². The van der Waals surface area contributed by atoms with Gasteiger partial charge in [0.2, 0.25) is 0 Å². The Morgan fingerprint density at radius 2 is 2.70 bits per heavy atom. The van der Waals surface area contributed by atoms with Crippen LogP contribution in [0.15, 0.2) is 16.8 Å². The van der Waals surface area contributed by atoms with Gasteiger partial charge < -0.3 is 5.32 Å². The number of allylic oxidation sites excluding steroid dienone is 1. The van der Waals surface area contributed by atoms with Crippen molar-refractivity contribution in [3.63, 3.8) is 0 Å². The van der Waals surface area contributed by atoms with E-state index in [1.54, 1.807) is 6.34 Å². The Hall–Kier alpha value is -0.790. The maximum atomic E-state index is 4.19. The second-order valence-corrected chi connectivity index (χ2v) is 2.61. The monoisotopic (exact) mass is 138 g/mol. The third-order valence-electron chi connectivity index (χ3n) is 1.54. The van der Waals surface area contributed by atoms with Crippen LogP contribution in [0, 0.1) is 0 Å². The van der Waals surface area contributed by atoms with E-state index < -0.39 is 0 Å². The highest BCUT2D eigenvalue weighted by molar-refractivity contribution is 5.59. The summed E-state index contributed by atoms with van der Waals surface area (Å²) in [6.07, 6.45) is 6.16. The fourth-order valence-corrected chi connectivity index (χ4v) is 1.07. The molecule has 56 valence electrons. The van der Waals surface area contributed by atoms with Crippen molar-refractivity contribution in [2.24, 2.45) is 4.99 Å². The van der Waals surface area contributed by atoms with E-state index in [2.05, 4.69) is 30.2 Å². The Bertz CT molecular complexity index is 159. The number of aliphatic imine (C=N–C) groups is 1. The zero-order valence-corrected chi connectivity index (χ0v) is 6.59. The van der Waals surface area contributed by atoms with Gasteiger partial charge in [-0.2, -0.15) is 0 Å². The second-order valence-electron chi connectivity index (χ2n) is 2.61. The average Bonchev–Trinajstić information content (AvgIpc) is 1.88. The maximum Gasteiger partial charge on any atom is 0.0868 e. The molecule has 0 radical (unpaired) electrons. The summed E-state index contributed by atoms with van der Waals surface area (Å²) in [6, 6.07) is 0.457. The molecule has 2 heteroatoms. The maximum absolute atomic E-state index is 4.19. The van der Waals surface area contributed by atoms with E-state index in [9.17, 15) is 0 Å². The van der Waals surface area contributed by atoms with E-state index in [4.69, 9.17) is 0 Å². The fourth-order valence-electron chi connectivity index (χ4n) is 1.07. The zero-order valence-electron chi connectivity index (χ0n) is 6.59. The quantitative estimate of drug-likeness (QED) is 0.586. The molecule has 1 N–H and O–H groups in total. The lowest BCUT2D eigenvalue weighted by Gasteiger charge is -2.15. The van der Waals surface area contributed by atoms with Crippen LogP contribution in [0.5, 0.6) is 0 Å².